The number of carbonyl (C=O) groups is 1. The number of fused-ring (bicyclic) bond motifs is 2. The number of pyridine rings is 2. The van der Waals surface area contributed by atoms with Crippen LogP contribution in [0.3, 0.4) is 0 Å². The second-order valence-electron chi connectivity index (χ2n) is 7.87. The highest BCUT2D eigenvalue weighted by molar-refractivity contribution is 6.14. The largest absolute Gasteiger partial charge is 0.345 e. The van der Waals surface area contributed by atoms with Gasteiger partial charge in [-0.15, -0.1) is 0 Å². The highest BCUT2D eigenvalue weighted by atomic mass is 16.1. The summed E-state index contributed by atoms with van der Waals surface area (Å²) < 4.78 is 1.81. The lowest BCUT2D eigenvalue weighted by Gasteiger charge is -2.10. The average molecular weight is 445 g/mol. The maximum atomic E-state index is 13.5. The number of para-hydroxylation sites is 1. The van der Waals surface area contributed by atoms with Gasteiger partial charge in [0, 0.05) is 18.0 Å². The first-order chi connectivity index (χ1) is 16.8. The van der Waals surface area contributed by atoms with Crippen LogP contribution in [0.25, 0.3) is 33.3 Å². The zero-order valence-electron chi connectivity index (χ0n) is 18.0. The number of benzene rings is 2. The third-order valence-electron chi connectivity index (χ3n) is 5.70. The molecule has 8 heteroatoms. The van der Waals surface area contributed by atoms with Gasteiger partial charge >= 0.3 is 0 Å². The van der Waals surface area contributed by atoms with E-state index in [0.717, 1.165) is 16.6 Å². The van der Waals surface area contributed by atoms with Crippen LogP contribution in [-0.4, -0.2) is 35.6 Å². The van der Waals surface area contributed by atoms with Gasteiger partial charge in [0.05, 0.1) is 46.9 Å². The summed E-state index contributed by atoms with van der Waals surface area (Å²) in [5.74, 6) is -0.247. The highest BCUT2D eigenvalue weighted by Gasteiger charge is 2.19. The Morgan fingerprint density at radius 3 is 2.71 bits per heavy atom. The van der Waals surface area contributed by atoms with Crippen LogP contribution in [-0.2, 0) is 6.54 Å². The molecular weight excluding hydrogens is 426 g/mol. The van der Waals surface area contributed by atoms with Gasteiger partial charge in [-0.25, -0.2) is 14.6 Å². The van der Waals surface area contributed by atoms with Crippen molar-refractivity contribution in [2.45, 2.75) is 6.54 Å². The van der Waals surface area contributed by atoms with Crippen molar-refractivity contribution in [3.63, 3.8) is 0 Å². The summed E-state index contributed by atoms with van der Waals surface area (Å²) >= 11 is 0. The Bertz CT molecular complexity index is 1620. The average Bonchev–Trinajstić information content (AvgIpc) is 3.53. The number of aromatic nitrogens is 6. The molecular formula is C26H19N7O. The fourth-order valence-electron chi connectivity index (χ4n) is 4.03. The Morgan fingerprint density at radius 1 is 1.00 bits per heavy atom. The van der Waals surface area contributed by atoms with E-state index in [4.69, 9.17) is 4.98 Å². The molecule has 2 aromatic carbocycles. The Balaban J connectivity index is 1.47. The van der Waals surface area contributed by atoms with Crippen LogP contribution in [0, 0.1) is 0 Å². The Labute approximate surface area is 194 Å². The molecule has 6 aromatic rings. The number of nitrogens with one attached hydrogen (secondary N) is 2. The first kappa shape index (κ1) is 19.8. The van der Waals surface area contributed by atoms with Crippen molar-refractivity contribution in [1.29, 1.82) is 0 Å². The van der Waals surface area contributed by atoms with Crippen LogP contribution < -0.4 is 5.32 Å². The molecule has 4 aromatic heterocycles. The van der Waals surface area contributed by atoms with E-state index in [2.05, 4.69) is 25.4 Å². The lowest BCUT2D eigenvalue weighted by molar-refractivity contribution is 0.102. The summed E-state index contributed by atoms with van der Waals surface area (Å²) in [5.41, 5.74) is 6.00. The second kappa shape index (κ2) is 8.25. The van der Waals surface area contributed by atoms with Crippen molar-refractivity contribution in [3.8, 4) is 11.3 Å². The fourth-order valence-corrected chi connectivity index (χ4v) is 4.03. The number of hydrogen-bond acceptors (Lipinski definition) is 5. The smallest absolute Gasteiger partial charge is 0.256 e. The number of hydrogen-bond donors (Lipinski definition) is 2. The molecule has 0 atom stereocenters. The monoisotopic (exact) mass is 445 g/mol. The molecule has 34 heavy (non-hydrogen) atoms. The molecule has 0 aliphatic carbocycles. The molecule has 0 bridgehead atoms. The maximum Gasteiger partial charge on any atom is 0.256 e. The molecule has 0 fully saturated rings. The maximum absolute atomic E-state index is 13.5. The number of aromatic amines is 1. The van der Waals surface area contributed by atoms with E-state index < -0.39 is 0 Å². The van der Waals surface area contributed by atoms with Crippen molar-refractivity contribution >= 4 is 33.7 Å². The summed E-state index contributed by atoms with van der Waals surface area (Å²) in [5, 5.41) is 8.26. The molecule has 0 aliphatic rings. The van der Waals surface area contributed by atoms with E-state index in [1.807, 2.05) is 71.4 Å². The zero-order chi connectivity index (χ0) is 22.9. The lowest BCUT2D eigenvalue weighted by atomic mass is 10.1. The molecule has 4 heterocycles. The molecule has 0 spiro atoms. The Hall–Kier alpha value is -4.85. The SMILES string of the molecule is O=C(Nc1cccc2[nH]cnc12)c1cc(-c2ccccc2)nc2c1cnn2Cc1ccncc1. The molecule has 8 nitrogen and oxygen atoms in total. The van der Waals surface area contributed by atoms with Crippen molar-refractivity contribution in [1.82, 2.24) is 29.7 Å². The number of amides is 1. The topological polar surface area (TPSA) is 101 Å². The van der Waals surface area contributed by atoms with Crippen LogP contribution in [0.1, 0.15) is 15.9 Å². The molecule has 0 aliphatic heterocycles. The van der Waals surface area contributed by atoms with Gasteiger partial charge in [-0.2, -0.15) is 5.10 Å². The van der Waals surface area contributed by atoms with Crippen molar-refractivity contribution < 1.29 is 4.79 Å². The number of carbonyl (C=O) groups excluding carboxylic acids is 1. The van der Waals surface area contributed by atoms with E-state index >= 15 is 0 Å². The summed E-state index contributed by atoms with van der Waals surface area (Å²) in [6.45, 7) is 0.519. The van der Waals surface area contributed by atoms with E-state index in [0.29, 0.717) is 40.0 Å². The van der Waals surface area contributed by atoms with Crippen LogP contribution in [0.5, 0.6) is 0 Å². The van der Waals surface area contributed by atoms with Gasteiger partial charge in [-0.3, -0.25) is 9.78 Å². The summed E-state index contributed by atoms with van der Waals surface area (Å²) in [7, 11) is 0. The second-order valence-corrected chi connectivity index (χ2v) is 7.87. The van der Waals surface area contributed by atoms with Gasteiger partial charge < -0.3 is 10.3 Å². The van der Waals surface area contributed by atoms with E-state index in [1.165, 1.54) is 0 Å². The number of nitrogens with zero attached hydrogens (tertiary/aromatic N) is 5. The number of imidazole rings is 1. The van der Waals surface area contributed by atoms with Gasteiger partial charge in [0.2, 0.25) is 0 Å². The minimum atomic E-state index is -0.247. The van der Waals surface area contributed by atoms with Crippen molar-refractivity contribution in [2.75, 3.05) is 5.32 Å². The molecule has 0 saturated carbocycles. The summed E-state index contributed by atoms with van der Waals surface area (Å²) in [4.78, 5) is 29.9. The highest BCUT2D eigenvalue weighted by Crippen LogP contribution is 2.27. The molecule has 2 N–H and O–H groups in total. The standard InChI is InChI=1S/C26H19N7O/c34-26(32-22-8-4-7-21-24(22)29-16-28-21)19-13-23(18-5-2-1-3-6-18)31-25-20(19)14-30-33(25)15-17-9-11-27-12-10-17/h1-14,16H,15H2,(H,28,29)(H,32,34). The molecule has 0 radical (unpaired) electrons. The normalized spacial score (nSPS) is 11.2. The minimum absolute atomic E-state index is 0.247. The quantitative estimate of drug-likeness (QED) is 0.402. The Kier molecular flexibility index (Phi) is 4.81. The van der Waals surface area contributed by atoms with Gasteiger partial charge in [0.25, 0.3) is 5.91 Å². The van der Waals surface area contributed by atoms with Crippen molar-refractivity contribution in [2.24, 2.45) is 0 Å². The third kappa shape index (κ3) is 3.57. The van der Waals surface area contributed by atoms with Crippen LogP contribution >= 0.6 is 0 Å². The van der Waals surface area contributed by atoms with Crippen LogP contribution in [0.2, 0.25) is 0 Å². The van der Waals surface area contributed by atoms with E-state index in [1.54, 1.807) is 24.9 Å². The van der Waals surface area contributed by atoms with Crippen molar-refractivity contribution in [3.05, 3.63) is 103 Å². The first-order valence-electron chi connectivity index (χ1n) is 10.8. The third-order valence-corrected chi connectivity index (χ3v) is 5.70. The first-order valence-corrected chi connectivity index (χ1v) is 10.8. The zero-order valence-corrected chi connectivity index (χ0v) is 18.0. The van der Waals surface area contributed by atoms with Gasteiger partial charge in [0.15, 0.2) is 5.65 Å². The van der Waals surface area contributed by atoms with Crippen LogP contribution in [0.4, 0.5) is 5.69 Å². The molecule has 6 rings (SSSR count). The molecule has 1 amide bonds. The number of anilines is 1. The Morgan fingerprint density at radius 2 is 1.85 bits per heavy atom. The van der Waals surface area contributed by atoms with Gasteiger partial charge in [0.1, 0.15) is 5.52 Å². The van der Waals surface area contributed by atoms with Gasteiger partial charge in [-0.05, 0) is 35.9 Å². The fraction of sp³-hybridized carbons (Fsp3) is 0.0385. The van der Waals surface area contributed by atoms with Gasteiger partial charge in [-0.1, -0.05) is 36.4 Å². The van der Waals surface area contributed by atoms with E-state index in [-0.39, 0.29) is 5.91 Å². The predicted octanol–water partition coefficient (Wildman–Crippen LogP) is 4.67. The summed E-state index contributed by atoms with van der Waals surface area (Å²) in [6, 6.07) is 21.1. The minimum Gasteiger partial charge on any atom is -0.345 e. The van der Waals surface area contributed by atoms with Crippen LogP contribution in [0.15, 0.2) is 91.6 Å². The molecule has 0 unspecified atom stereocenters. The van der Waals surface area contributed by atoms with E-state index in [9.17, 15) is 4.79 Å². The summed E-state index contributed by atoms with van der Waals surface area (Å²) in [6.07, 6.45) is 6.81. The molecule has 164 valence electrons. The molecule has 0 saturated heterocycles. The number of H-pyrrole nitrogens is 1. The lowest BCUT2D eigenvalue weighted by Crippen LogP contribution is -2.13. The number of rotatable bonds is 5. The predicted molar refractivity (Wildman–Crippen MR) is 130 cm³/mol.